The Morgan fingerprint density at radius 1 is 1.24 bits per heavy atom. The molecular formula is C20H18N2O3. The van der Waals surface area contributed by atoms with Gasteiger partial charge in [0.1, 0.15) is 18.1 Å². The van der Waals surface area contributed by atoms with Crippen LogP contribution in [0.2, 0.25) is 0 Å². The first-order chi connectivity index (χ1) is 12.1. The van der Waals surface area contributed by atoms with Gasteiger partial charge in [-0.25, -0.2) is 4.79 Å². The number of hydrogen-bond donors (Lipinski definition) is 2. The Morgan fingerprint density at radius 2 is 2.04 bits per heavy atom. The highest BCUT2D eigenvalue weighted by molar-refractivity contribution is 5.72. The highest BCUT2D eigenvalue weighted by Crippen LogP contribution is 2.30. The number of aryl methyl sites for hydroxylation is 1. The van der Waals surface area contributed by atoms with Gasteiger partial charge < -0.3 is 14.8 Å². The van der Waals surface area contributed by atoms with E-state index in [2.05, 4.69) is 16.5 Å². The summed E-state index contributed by atoms with van der Waals surface area (Å²) in [6.07, 6.45) is 1.66. The zero-order valence-corrected chi connectivity index (χ0v) is 13.8. The number of phenols is 1. The van der Waals surface area contributed by atoms with Crippen molar-refractivity contribution in [2.24, 2.45) is 0 Å². The number of H-pyrrole nitrogens is 1. The van der Waals surface area contributed by atoms with E-state index in [4.69, 9.17) is 4.74 Å². The molecule has 0 saturated carbocycles. The molecule has 0 atom stereocenters. The minimum atomic E-state index is -0.447. The van der Waals surface area contributed by atoms with Gasteiger partial charge >= 0.3 is 5.69 Å². The maximum atomic E-state index is 12.1. The normalized spacial score (nSPS) is 10.4. The fraction of sp³-hybridized carbons (Fsp3) is 0.100. The van der Waals surface area contributed by atoms with E-state index in [1.54, 1.807) is 37.3 Å². The Kier molecular flexibility index (Phi) is 4.66. The summed E-state index contributed by atoms with van der Waals surface area (Å²) < 4.78 is 5.67. The predicted molar refractivity (Wildman–Crippen MR) is 97.8 cm³/mol. The Morgan fingerprint density at radius 3 is 2.80 bits per heavy atom. The number of ether oxygens (including phenoxy) is 1. The molecule has 2 N–H and O–H groups in total. The van der Waals surface area contributed by atoms with Crippen LogP contribution < -0.4 is 10.4 Å². The SMILES string of the molecule is C=CCOc1ccccc1-c1cc(-c2ccc(O)c(C)c2)nc(=O)[nH]1. The second kappa shape index (κ2) is 7.05. The number of rotatable bonds is 5. The fourth-order valence-electron chi connectivity index (χ4n) is 2.53. The second-order valence-electron chi connectivity index (χ2n) is 5.58. The zero-order valence-electron chi connectivity index (χ0n) is 13.8. The predicted octanol–water partition coefficient (Wildman–Crippen LogP) is 3.68. The smallest absolute Gasteiger partial charge is 0.345 e. The van der Waals surface area contributed by atoms with E-state index in [1.807, 2.05) is 24.3 Å². The van der Waals surface area contributed by atoms with Crippen molar-refractivity contribution in [1.82, 2.24) is 9.97 Å². The lowest BCUT2D eigenvalue weighted by atomic mass is 10.0. The van der Waals surface area contributed by atoms with Crippen LogP contribution in [0.4, 0.5) is 0 Å². The summed E-state index contributed by atoms with van der Waals surface area (Å²) in [6.45, 7) is 5.82. The molecule has 5 nitrogen and oxygen atoms in total. The van der Waals surface area contributed by atoms with Crippen LogP contribution >= 0.6 is 0 Å². The molecule has 0 unspecified atom stereocenters. The second-order valence-corrected chi connectivity index (χ2v) is 5.58. The third kappa shape index (κ3) is 3.61. The molecule has 0 bridgehead atoms. The Hall–Kier alpha value is -3.34. The van der Waals surface area contributed by atoms with Gasteiger partial charge in [-0.1, -0.05) is 24.8 Å². The minimum Gasteiger partial charge on any atom is -0.508 e. The van der Waals surface area contributed by atoms with Crippen molar-refractivity contribution < 1.29 is 9.84 Å². The van der Waals surface area contributed by atoms with Crippen LogP contribution in [0, 0.1) is 6.92 Å². The number of nitrogens with zero attached hydrogens (tertiary/aromatic N) is 1. The molecule has 0 aliphatic carbocycles. The molecule has 2 aromatic carbocycles. The molecule has 25 heavy (non-hydrogen) atoms. The van der Waals surface area contributed by atoms with E-state index in [-0.39, 0.29) is 5.75 Å². The van der Waals surface area contributed by atoms with Crippen molar-refractivity contribution in [1.29, 1.82) is 0 Å². The maximum Gasteiger partial charge on any atom is 0.345 e. The fourth-order valence-corrected chi connectivity index (χ4v) is 2.53. The molecule has 0 spiro atoms. The van der Waals surface area contributed by atoms with Crippen molar-refractivity contribution in [2.75, 3.05) is 6.61 Å². The van der Waals surface area contributed by atoms with Crippen molar-refractivity contribution in [3.05, 3.63) is 77.2 Å². The van der Waals surface area contributed by atoms with Crippen molar-refractivity contribution in [2.45, 2.75) is 6.92 Å². The number of benzene rings is 2. The molecule has 3 aromatic rings. The van der Waals surface area contributed by atoms with Gasteiger partial charge in [0.05, 0.1) is 11.4 Å². The van der Waals surface area contributed by atoms with Crippen molar-refractivity contribution in [3.63, 3.8) is 0 Å². The number of hydrogen-bond acceptors (Lipinski definition) is 4. The molecule has 0 aliphatic heterocycles. The average molecular weight is 334 g/mol. The van der Waals surface area contributed by atoms with E-state index in [0.717, 1.165) is 16.7 Å². The Labute approximate surface area is 145 Å². The summed E-state index contributed by atoms with van der Waals surface area (Å²) in [7, 11) is 0. The summed E-state index contributed by atoms with van der Waals surface area (Å²) in [4.78, 5) is 18.9. The molecule has 0 fully saturated rings. The third-order valence-corrected chi connectivity index (χ3v) is 3.77. The molecule has 126 valence electrons. The number of aromatic amines is 1. The summed E-state index contributed by atoms with van der Waals surface area (Å²) in [5.74, 6) is 0.856. The number of aromatic nitrogens is 2. The van der Waals surface area contributed by atoms with Crippen LogP contribution in [0.15, 0.2) is 66.0 Å². The number of para-hydroxylation sites is 1. The molecule has 1 aromatic heterocycles. The highest BCUT2D eigenvalue weighted by Gasteiger charge is 2.11. The maximum absolute atomic E-state index is 12.1. The van der Waals surface area contributed by atoms with Gasteiger partial charge in [0.25, 0.3) is 0 Å². The molecule has 0 aliphatic rings. The number of aromatic hydroxyl groups is 1. The van der Waals surface area contributed by atoms with E-state index in [9.17, 15) is 9.90 Å². The van der Waals surface area contributed by atoms with Crippen molar-refractivity contribution >= 4 is 0 Å². The molecule has 3 rings (SSSR count). The Bertz CT molecular complexity index is 977. The first-order valence-corrected chi connectivity index (χ1v) is 7.83. The lowest BCUT2D eigenvalue weighted by Crippen LogP contribution is -2.12. The minimum absolute atomic E-state index is 0.206. The van der Waals surface area contributed by atoms with Crippen molar-refractivity contribution in [3.8, 4) is 34.0 Å². The molecule has 0 saturated heterocycles. The molecular weight excluding hydrogens is 316 g/mol. The largest absolute Gasteiger partial charge is 0.508 e. The summed E-state index contributed by atoms with van der Waals surface area (Å²) in [5, 5.41) is 9.68. The van der Waals surface area contributed by atoms with Gasteiger partial charge in [-0.15, -0.1) is 0 Å². The molecule has 1 heterocycles. The monoisotopic (exact) mass is 334 g/mol. The van der Waals surface area contributed by atoms with E-state index in [0.29, 0.717) is 23.7 Å². The zero-order chi connectivity index (χ0) is 17.8. The van der Waals surface area contributed by atoms with Crippen LogP contribution in [0.5, 0.6) is 11.5 Å². The quantitative estimate of drug-likeness (QED) is 0.698. The average Bonchev–Trinajstić information content (AvgIpc) is 2.62. The van der Waals surface area contributed by atoms with Gasteiger partial charge in [0, 0.05) is 11.1 Å². The van der Waals surface area contributed by atoms with E-state index < -0.39 is 5.69 Å². The summed E-state index contributed by atoms with van der Waals surface area (Å²) >= 11 is 0. The molecule has 0 amide bonds. The first kappa shape index (κ1) is 16.5. The van der Waals surface area contributed by atoms with Crippen LogP contribution in [0.3, 0.4) is 0 Å². The summed E-state index contributed by atoms with van der Waals surface area (Å²) in [6, 6.07) is 14.4. The van der Waals surface area contributed by atoms with Gasteiger partial charge in [-0.2, -0.15) is 4.98 Å². The Balaban J connectivity index is 2.10. The van der Waals surface area contributed by atoms with E-state index >= 15 is 0 Å². The highest BCUT2D eigenvalue weighted by atomic mass is 16.5. The summed E-state index contributed by atoms with van der Waals surface area (Å²) in [5.41, 5.74) is 2.93. The third-order valence-electron chi connectivity index (χ3n) is 3.77. The number of phenolic OH excluding ortho intramolecular Hbond substituents is 1. The van der Waals surface area contributed by atoms with Crippen LogP contribution in [0.1, 0.15) is 5.56 Å². The van der Waals surface area contributed by atoms with Crippen LogP contribution in [-0.2, 0) is 0 Å². The van der Waals surface area contributed by atoms with Gasteiger partial charge in [0.2, 0.25) is 0 Å². The van der Waals surface area contributed by atoms with Crippen LogP contribution in [-0.4, -0.2) is 21.7 Å². The van der Waals surface area contributed by atoms with Crippen LogP contribution in [0.25, 0.3) is 22.5 Å². The van der Waals surface area contributed by atoms with E-state index in [1.165, 1.54) is 0 Å². The lowest BCUT2D eigenvalue weighted by Gasteiger charge is -2.11. The van der Waals surface area contributed by atoms with Gasteiger partial charge in [0.15, 0.2) is 0 Å². The number of nitrogens with one attached hydrogen (secondary N) is 1. The molecule has 0 radical (unpaired) electrons. The van der Waals surface area contributed by atoms with Gasteiger partial charge in [-0.05, 0) is 48.9 Å². The molecule has 5 heteroatoms. The standard InChI is InChI=1S/C20H18N2O3/c1-3-10-25-19-7-5-4-6-15(19)17-12-16(21-20(24)22-17)14-8-9-18(23)13(2)11-14/h3-9,11-12,23H,1,10H2,2H3,(H,21,22,24). The van der Waals surface area contributed by atoms with Gasteiger partial charge in [-0.3, -0.25) is 0 Å². The first-order valence-electron chi connectivity index (χ1n) is 7.83. The topological polar surface area (TPSA) is 75.2 Å². The lowest BCUT2D eigenvalue weighted by molar-refractivity contribution is 0.364.